The summed E-state index contributed by atoms with van der Waals surface area (Å²) in [4.78, 5) is 32.4. The number of ether oxygens (including phenoxy) is 2. The minimum atomic E-state index is -4.91. The molecule has 14 aromatic rings. The van der Waals surface area contributed by atoms with Gasteiger partial charge in [0.25, 0.3) is 50.6 Å². The van der Waals surface area contributed by atoms with Gasteiger partial charge < -0.3 is 29.9 Å². The summed E-state index contributed by atoms with van der Waals surface area (Å²) in [5, 5.41) is 75.0. The van der Waals surface area contributed by atoms with E-state index < -0.39 is 72.2 Å². The summed E-state index contributed by atoms with van der Waals surface area (Å²) >= 11 is 14.2. The molecule has 730 valence electrons. The average Bonchev–Trinajstić information content (AvgIpc) is 0.784. The minimum Gasteiger partial charge on any atom is -0.493 e. The van der Waals surface area contributed by atoms with E-state index in [2.05, 4.69) is 92.5 Å². The number of aryl methyl sites for hydroxylation is 2. The van der Waals surface area contributed by atoms with Gasteiger partial charge in [0.2, 0.25) is 23.8 Å². The first kappa shape index (κ1) is 102. The number of benzene rings is 12. The average molecular weight is 2070 g/mol. The molecule has 12 aromatic carbocycles. The number of azo groups is 8. The monoisotopic (exact) mass is 2060 g/mol. The largest absolute Gasteiger partial charge is 0.493 e. The number of hydrogen-bond donors (Lipinski definition) is 7. The van der Waals surface area contributed by atoms with E-state index in [1.807, 2.05) is 42.7 Å². The Morgan fingerprint density at radius 1 is 0.378 bits per heavy atom. The topological polar surface area (TPSA) is 596 Å². The third-order valence-electron chi connectivity index (χ3n) is 20.7. The van der Waals surface area contributed by atoms with Crippen LogP contribution >= 0.6 is 23.2 Å². The maximum Gasteiger partial charge on any atom is 0.296 e. The zero-order valence-corrected chi connectivity index (χ0v) is 81.2. The van der Waals surface area contributed by atoms with Crippen LogP contribution in [0.5, 0.6) is 11.5 Å². The van der Waals surface area contributed by atoms with Crippen LogP contribution in [-0.4, -0.2) is 139 Å². The van der Waals surface area contributed by atoms with Crippen molar-refractivity contribution in [2.45, 2.75) is 79.0 Å². The molecule has 0 saturated carbocycles. The first-order valence-corrected chi connectivity index (χ1v) is 51.2. The van der Waals surface area contributed by atoms with Gasteiger partial charge in [-0.25, -0.2) is 4.98 Å². The molecule has 1 fully saturated rings. The lowest BCUT2D eigenvalue weighted by Gasteiger charge is -2.40. The first-order valence-electron chi connectivity index (χ1n) is 43.0. The van der Waals surface area contributed by atoms with Crippen LogP contribution in [0.4, 0.5) is 126 Å². The van der Waals surface area contributed by atoms with Crippen molar-refractivity contribution < 1.29 is 74.3 Å². The highest BCUT2D eigenvalue weighted by Gasteiger charge is 2.31. The number of nitrogens with one attached hydrogen (secondary N) is 2. The molecular formula is C93H82Cl2N26O17S5. The molecule has 50 heteroatoms. The van der Waals surface area contributed by atoms with Crippen LogP contribution in [0, 0.1) is 13.8 Å². The summed E-state index contributed by atoms with van der Waals surface area (Å²) in [7, 11) is -23.0. The molecule has 1 unspecified atom stereocenters. The third-order valence-corrected chi connectivity index (χ3v) is 25.7. The van der Waals surface area contributed by atoms with Crippen LogP contribution in [0.3, 0.4) is 0 Å². The Morgan fingerprint density at radius 2 is 0.783 bits per heavy atom. The summed E-state index contributed by atoms with van der Waals surface area (Å²) in [5.41, 5.74) is 7.24. The second-order valence-corrected chi connectivity index (χ2v) is 39.5. The second-order valence-electron chi connectivity index (χ2n) is 31.5. The van der Waals surface area contributed by atoms with Crippen molar-refractivity contribution >= 4 is 200 Å². The van der Waals surface area contributed by atoms with Gasteiger partial charge in [-0.3, -0.25) is 22.8 Å². The van der Waals surface area contributed by atoms with E-state index in [1.165, 1.54) is 91.0 Å². The highest BCUT2D eigenvalue weighted by Crippen LogP contribution is 2.43. The van der Waals surface area contributed by atoms with Crippen molar-refractivity contribution in [2.75, 3.05) is 59.0 Å². The number of rotatable bonds is 38. The van der Waals surface area contributed by atoms with Crippen molar-refractivity contribution in [3.63, 3.8) is 0 Å². The molecule has 1 aliphatic heterocycles. The molecule has 1 aliphatic rings. The number of aromatic nitrogens is 6. The predicted octanol–water partition coefficient (Wildman–Crippen LogP) is 25.1. The smallest absolute Gasteiger partial charge is 0.296 e. The molecule has 143 heavy (non-hydrogen) atoms. The van der Waals surface area contributed by atoms with Gasteiger partial charge in [-0.1, -0.05) is 78.7 Å². The Balaban J connectivity index is 0.744. The molecule has 0 bridgehead atoms. The first-order chi connectivity index (χ1) is 68.4. The Hall–Kier alpha value is -15.6. The standard InChI is InChI=1S/C93H82Cl2N26O17S5/c1-5-43-137-85-55-82(119-117-80-40-32-72(52-87(80)143(134,135)136)113-105-63-15-10-7-11-16-63)76(95)53-83(85)97-91-101-90(96-70-30-38-78(58(3)47-70)114-110-66-22-18-64(19-23-66)106-108-68-26-33-73(34-27-68)140(125,126)127)102-93(103-91)121-42-41-120(56-59(121)4)92-99-88(48-60-17-37-77(57(2)46-60)115-116-79-39-31-71(51-86(79)142(131,132)133)112-104-62-13-8-6-9-14-62)98-89(100-92)50-61-49-75(94)81(54-84(61)138-44-12-45-139(122,123)124)118-111-67-24-20-65(21-25-67)107-109-69-28-35-74(36-29-69)141(128,129)130/h6-11,13-40,46-47,49,51-55,59H,5,12,41-45,48,50,56H2,1-4H3,(H,122,123,124)(H,125,126,127)(H,128,129,130)(H,131,132,133)(H,134,135,136)(H2,96,97,101,102,103). The van der Waals surface area contributed by atoms with Crippen LogP contribution in [-0.2, 0) is 63.4 Å². The highest BCUT2D eigenvalue weighted by atomic mass is 35.5. The summed E-state index contributed by atoms with van der Waals surface area (Å²) in [5.74, 6) is 0.661. The maximum absolute atomic E-state index is 12.9. The number of halogens is 2. The number of hydrogen-bond acceptors (Lipinski definition) is 38. The fraction of sp³-hybridized carbons (Fsp3) is 0.161. The van der Waals surface area contributed by atoms with Gasteiger partial charge >= 0.3 is 0 Å². The molecular weight excluding hydrogens is 1980 g/mol. The molecule has 0 spiro atoms. The van der Waals surface area contributed by atoms with Gasteiger partial charge in [-0.05, 0) is 244 Å². The Morgan fingerprint density at radius 3 is 1.26 bits per heavy atom. The van der Waals surface area contributed by atoms with Crippen LogP contribution in [0.1, 0.15) is 60.6 Å². The normalized spacial score (nSPS) is 13.6. The molecule has 0 amide bonds. The Kier molecular flexibility index (Phi) is 32.3. The minimum absolute atomic E-state index is 0.000924. The molecule has 3 heterocycles. The quantitative estimate of drug-likeness (QED) is 0.0107. The lowest BCUT2D eigenvalue weighted by molar-refractivity contribution is 0.313. The van der Waals surface area contributed by atoms with Gasteiger partial charge in [0.1, 0.15) is 55.7 Å². The highest BCUT2D eigenvalue weighted by molar-refractivity contribution is 7.87. The summed E-state index contributed by atoms with van der Waals surface area (Å²) < 4.78 is 183. The van der Waals surface area contributed by atoms with Crippen LogP contribution in [0.15, 0.2) is 356 Å². The zero-order valence-electron chi connectivity index (χ0n) is 75.6. The predicted molar refractivity (Wildman–Crippen MR) is 533 cm³/mol. The Labute approximate surface area is 828 Å². The molecule has 1 atom stereocenters. The van der Waals surface area contributed by atoms with E-state index in [0.29, 0.717) is 91.2 Å². The van der Waals surface area contributed by atoms with E-state index >= 15 is 0 Å². The lowest BCUT2D eigenvalue weighted by Crippen LogP contribution is -2.53. The molecule has 7 N–H and O–H groups in total. The molecule has 0 radical (unpaired) electrons. The van der Waals surface area contributed by atoms with Gasteiger partial charge in [-0.15, -0.1) is 20.5 Å². The molecule has 1 saturated heterocycles. The van der Waals surface area contributed by atoms with Gasteiger partial charge in [-0.2, -0.15) is 128 Å². The zero-order chi connectivity index (χ0) is 101. The number of nitrogens with zero attached hydrogens (tertiary/aromatic N) is 24. The summed E-state index contributed by atoms with van der Waals surface area (Å²) in [6.45, 7) is 8.06. The number of piperazine rings is 1. The van der Waals surface area contributed by atoms with Crippen LogP contribution in [0.2, 0.25) is 10.0 Å². The van der Waals surface area contributed by atoms with E-state index in [4.69, 9.17) is 62.6 Å². The molecule has 43 nitrogen and oxygen atoms in total. The fourth-order valence-corrected chi connectivity index (χ4v) is 16.9. The molecule has 0 aliphatic carbocycles. The van der Waals surface area contributed by atoms with E-state index in [9.17, 15) is 64.9 Å². The summed E-state index contributed by atoms with van der Waals surface area (Å²) in [6, 6.07) is 64.8. The second kappa shape index (κ2) is 45.3. The van der Waals surface area contributed by atoms with Crippen molar-refractivity contribution in [1.29, 1.82) is 0 Å². The van der Waals surface area contributed by atoms with Crippen molar-refractivity contribution in [2.24, 2.45) is 81.8 Å². The van der Waals surface area contributed by atoms with Crippen molar-refractivity contribution in [3.8, 4) is 11.5 Å². The Bertz CT molecular complexity index is 7980. The maximum atomic E-state index is 12.9. The van der Waals surface area contributed by atoms with E-state index in [1.54, 1.807) is 146 Å². The van der Waals surface area contributed by atoms with Crippen LogP contribution in [0.25, 0.3) is 0 Å². The fourth-order valence-electron chi connectivity index (χ4n) is 13.7. The number of anilines is 6. The summed E-state index contributed by atoms with van der Waals surface area (Å²) in [6.07, 6.45) is 0.390. The molecule has 2 aromatic heterocycles. The van der Waals surface area contributed by atoms with Gasteiger partial charge in [0.05, 0.1) is 113 Å². The van der Waals surface area contributed by atoms with Crippen molar-refractivity contribution in [3.05, 3.63) is 299 Å². The lowest BCUT2D eigenvalue weighted by atomic mass is 10.1. The SMILES string of the molecule is CCCOc1cc(N=Nc2ccc(N=Nc3ccccc3)cc2S(=O)(=O)O)c(Cl)cc1Nc1nc(Nc2ccc(N=Nc3ccc(N=Nc4ccc(S(=O)(=O)O)cc4)cc3)c(C)c2)nc(N2CCN(c3nc(Cc4ccc(N=Nc5ccc(N=Nc6ccccc6)cc5S(=O)(=O)O)c(C)c4)nc(Cc4cc(Cl)c(N=Nc5ccc(N=Nc6ccc(S(=O)(=O)O)cc6)cc5)cc4OCCCS(=O)(=O)O)n3)CC2C)n1. The van der Waals surface area contributed by atoms with Gasteiger partial charge in [0, 0.05) is 61.9 Å². The van der Waals surface area contributed by atoms with E-state index in [-0.39, 0.29) is 159 Å². The third kappa shape index (κ3) is 28.6. The van der Waals surface area contributed by atoms with E-state index in [0.717, 1.165) is 12.1 Å². The molecule has 15 rings (SSSR count). The van der Waals surface area contributed by atoms with Crippen LogP contribution < -0.4 is 29.9 Å². The van der Waals surface area contributed by atoms with Crippen molar-refractivity contribution in [1.82, 2.24) is 29.9 Å². The van der Waals surface area contributed by atoms with Gasteiger partial charge in [0.15, 0.2) is 0 Å².